The number of hydrogen-bond donors (Lipinski definition) is 1. The van der Waals surface area contributed by atoms with Gasteiger partial charge in [-0.05, 0) is 18.6 Å². The molecular weight excluding hydrogens is 264 g/mol. The van der Waals surface area contributed by atoms with Gasteiger partial charge in [-0.2, -0.15) is 5.10 Å². The molecule has 0 fully saturated rings. The number of nitro groups is 2. The highest BCUT2D eigenvalue weighted by atomic mass is 16.6. The predicted octanol–water partition coefficient (Wildman–Crippen LogP) is 2.87. The minimum Gasteiger partial charge on any atom is -0.271 e. The van der Waals surface area contributed by atoms with Gasteiger partial charge in [0.15, 0.2) is 0 Å². The quantitative estimate of drug-likeness (QED) is 0.671. The SMILES string of the molecule is CC1CC=CC1=NNc1ccc([N+](=O)[O-])cc1[N+](=O)[O-]. The molecule has 2 rings (SSSR count). The summed E-state index contributed by atoms with van der Waals surface area (Å²) < 4.78 is 0. The van der Waals surface area contributed by atoms with Gasteiger partial charge < -0.3 is 0 Å². The van der Waals surface area contributed by atoms with Crippen molar-refractivity contribution in [3.05, 3.63) is 50.6 Å². The summed E-state index contributed by atoms with van der Waals surface area (Å²) in [5.41, 5.74) is 2.81. The number of nitro benzene ring substituents is 2. The summed E-state index contributed by atoms with van der Waals surface area (Å²) in [7, 11) is 0. The molecular formula is C12H12N4O4. The highest BCUT2D eigenvalue weighted by Crippen LogP contribution is 2.29. The number of nitrogens with one attached hydrogen (secondary N) is 1. The second-order valence-electron chi connectivity index (χ2n) is 4.40. The number of nitrogens with zero attached hydrogens (tertiary/aromatic N) is 3. The Morgan fingerprint density at radius 1 is 1.30 bits per heavy atom. The van der Waals surface area contributed by atoms with E-state index in [0.717, 1.165) is 18.2 Å². The van der Waals surface area contributed by atoms with Gasteiger partial charge in [-0.3, -0.25) is 25.7 Å². The predicted molar refractivity (Wildman–Crippen MR) is 73.7 cm³/mol. The Labute approximate surface area is 114 Å². The second-order valence-corrected chi connectivity index (χ2v) is 4.40. The monoisotopic (exact) mass is 276 g/mol. The summed E-state index contributed by atoms with van der Waals surface area (Å²) in [4.78, 5) is 20.2. The van der Waals surface area contributed by atoms with Crippen LogP contribution in [0, 0.1) is 26.1 Å². The molecule has 8 heteroatoms. The van der Waals surface area contributed by atoms with Gasteiger partial charge in [0.2, 0.25) is 0 Å². The van der Waals surface area contributed by atoms with E-state index in [1.54, 1.807) is 0 Å². The van der Waals surface area contributed by atoms with Crippen LogP contribution >= 0.6 is 0 Å². The number of hydrazone groups is 1. The minimum atomic E-state index is -0.677. The van der Waals surface area contributed by atoms with Gasteiger partial charge in [0.25, 0.3) is 5.69 Å². The van der Waals surface area contributed by atoms with E-state index in [4.69, 9.17) is 0 Å². The van der Waals surface area contributed by atoms with Gasteiger partial charge in [0.05, 0.1) is 21.6 Å². The van der Waals surface area contributed by atoms with Gasteiger partial charge in [0, 0.05) is 12.0 Å². The lowest BCUT2D eigenvalue weighted by atomic mass is 10.1. The molecule has 104 valence electrons. The topological polar surface area (TPSA) is 111 Å². The third kappa shape index (κ3) is 2.79. The van der Waals surface area contributed by atoms with Crippen LogP contribution in [-0.4, -0.2) is 15.6 Å². The smallest absolute Gasteiger partial charge is 0.271 e. The first kappa shape index (κ1) is 13.7. The molecule has 1 atom stereocenters. The zero-order chi connectivity index (χ0) is 14.7. The fourth-order valence-corrected chi connectivity index (χ4v) is 1.83. The normalized spacial score (nSPS) is 19.2. The van der Waals surface area contributed by atoms with Crippen molar-refractivity contribution >= 4 is 22.8 Å². The molecule has 1 aromatic rings. The van der Waals surface area contributed by atoms with Crippen LogP contribution in [0.5, 0.6) is 0 Å². The van der Waals surface area contributed by atoms with Crippen molar-refractivity contribution in [3.8, 4) is 0 Å². The minimum absolute atomic E-state index is 0.126. The van der Waals surface area contributed by atoms with Crippen LogP contribution in [0.1, 0.15) is 13.3 Å². The van der Waals surface area contributed by atoms with Crippen molar-refractivity contribution in [1.29, 1.82) is 0 Å². The first-order valence-corrected chi connectivity index (χ1v) is 5.92. The van der Waals surface area contributed by atoms with E-state index in [9.17, 15) is 20.2 Å². The van der Waals surface area contributed by atoms with Crippen molar-refractivity contribution in [3.63, 3.8) is 0 Å². The Balaban J connectivity index is 2.29. The van der Waals surface area contributed by atoms with Crippen LogP contribution in [0.2, 0.25) is 0 Å². The molecule has 1 N–H and O–H groups in total. The van der Waals surface area contributed by atoms with Crippen LogP contribution < -0.4 is 5.43 Å². The second kappa shape index (κ2) is 5.47. The molecule has 0 radical (unpaired) electrons. The molecule has 1 aliphatic carbocycles. The molecule has 0 amide bonds. The summed E-state index contributed by atoms with van der Waals surface area (Å²) >= 11 is 0. The Hall–Kier alpha value is -2.77. The Kier molecular flexibility index (Phi) is 3.74. The molecule has 0 saturated heterocycles. The maximum absolute atomic E-state index is 10.9. The maximum atomic E-state index is 10.9. The molecule has 8 nitrogen and oxygen atoms in total. The summed E-state index contributed by atoms with van der Waals surface area (Å²) in [6, 6.07) is 3.39. The third-order valence-corrected chi connectivity index (χ3v) is 2.98. The van der Waals surface area contributed by atoms with E-state index in [2.05, 4.69) is 10.5 Å². The number of benzene rings is 1. The standard InChI is InChI=1S/C12H12N4O4/c1-8-3-2-4-10(8)13-14-11-6-5-9(15(17)18)7-12(11)16(19)20/h2,4-8,14H,3H2,1H3. The number of rotatable bonds is 4. The third-order valence-electron chi connectivity index (χ3n) is 2.98. The fourth-order valence-electron chi connectivity index (χ4n) is 1.83. The summed E-state index contributed by atoms with van der Waals surface area (Å²) in [6.45, 7) is 1.99. The molecule has 1 unspecified atom stereocenters. The van der Waals surface area contributed by atoms with Crippen molar-refractivity contribution in [1.82, 2.24) is 0 Å². The van der Waals surface area contributed by atoms with E-state index in [1.165, 1.54) is 12.1 Å². The maximum Gasteiger partial charge on any atom is 0.301 e. The Bertz CT molecular complexity index is 624. The van der Waals surface area contributed by atoms with Crippen molar-refractivity contribution in [2.75, 3.05) is 5.43 Å². The lowest BCUT2D eigenvalue weighted by Gasteiger charge is -2.05. The zero-order valence-corrected chi connectivity index (χ0v) is 10.6. The average molecular weight is 276 g/mol. The number of allylic oxidation sites excluding steroid dienone is 2. The fraction of sp³-hybridized carbons (Fsp3) is 0.250. The molecule has 1 aliphatic rings. The largest absolute Gasteiger partial charge is 0.301 e. The number of anilines is 1. The van der Waals surface area contributed by atoms with E-state index in [0.29, 0.717) is 0 Å². The number of non-ortho nitro benzene ring substituents is 1. The van der Waals surface area contributed by atoms with Crippen molar-refractivity contribution < 1.29 is 9.85 Å². The van der Waals surface area contributed by atoms with Crippen LogP contribution in [-0.2, 0) is 0 Å². The van der Waals surface area contributed by atoms with Gasteiger partial charge in [-0.25, -0.2) is 0 Å². The van der Waals surface area contributed by atoms with Gasteiger partial charge in [-0.1, -0.05) is 13.0 Å². The molecule has 0 saturated carbocycles. The van der Waals surface area contributed by atoms with Crippen LogP contribution in [0.4, 0.5) is 17.1 Å². The highest BCUT2D eigenvalue weighted by Gasteiger charge is 2.20. The van der Waals surface area contributed by atoms with Crippen LogP contribution in [0.15, 0.2) is 35.5 Å². The van der Waals surface area contributed by atoms with Crippen molar-refractivity contribution in [2.45, 2.75) is 13.3 Å². The van der Waals surface area contributed by atoms with Gasteiger partial charge in [0.1, 0.15) is 5.69 Å². The lowest BCUT2D eigenvalue weighted by molar-refractivity contribution is -0.393. The Morgan fingerprint density at radius 3 is 2.60 bits per heavy atom. The van der Waals surface area contributed by atoms with Crippen LogP contribution in [0.25, 0.3) is 0 Å². The first-order valence-electron chi connectivity index (χ1n) is 5.92. The zero-order valence-electron chi connectivity index (χ0n) is 10.6. The molecule has 1 aromatic carbocycles. The summed E-state index contributed by atoms with van der Waals surface area (Å²) in [5, 5.41) is 25.7. The molecule has 20 heavy (non-hydrogen) atoms. The average Bonchev–Trinajstić information content (AvgIpc) is 2.81. The molecule has 0 heterocycles. The van der Waals surface area contributed by atoms with Gasteiger partial charge in [-0.15, -0.1) is 0 Å². The highest BCUT2D eigenvalue weighted by molar-refractivity contribution is 5.99. The van der Waals surface area contributed by atoms with Gasteiger partial charge >= 0.3 is 5.69 Å². The molecule has 0 bridgehead atoms. The summed E-state index contributed by atoms with van der Waals surface area (Å²) in [5.74, 6) is 0.250. The first-order chi connectivity index (χ1) is 9.49. The summed E-state index contributed by atoms with van der Waals surface area (Å²) in [6.07, 6.45) is 4.69. The molecule has 0 aromatic heterocycles. The van der Waals surface area contributed by atoms with Crippen LogP contribution in [0.3, 0.4) is 0 Å². The lowest BCUT2D eigenvalue weighted by Crippen LogP contribution is -2.06. The number of hydrogen-bond acceptors (Lipinski definition) is 6. The van der Waals surface area contributed by atoms with E-state index in [-0.39, 0.29) is 23.0 Å². The van der Waals surface area contributed by atoms with E-state index in [1.807, 2.05) is 19.1 Å². The Morgan fingerprint density at radius 2 is 2.05 bits per heavy atom. The van der Waals surface area contributed by atoms with E-state index < -0.39 is 9.85 Å². The van der Waals surface area contributed by atoms with E-state index >= 15 is 0 Å². The molecule has 0 spiro atoms. The molecule has 0 aliphatic heterocycles. The van der Waals surface area contributed by atoms with Crippen molar-refractivity contribution in [2.24, 2.45) is 11.0 Å².